The maximum atomic E-state index is 9.81. The second-order valence-electron chi connectivity index (χ2n) is 5.54. The van der Waals surface area contributed by atoms with E-state index in [0.29, 0.717) is 5.92 Å². The molecule has 0 bridgehead atoms. The lowest BCUT2D eigenvalue weighted by atomic mass is 9.92. The molecule has 16 heavy (non-hydrogen) atoms. The number of rotatable bonds is 5. The Labute approximate surface area is 99.8 Å². The highest BCUT2D eigenvalue weighted by Gasteiger charge is 2.27. The van der Waals surface area contributed by atoms with Gasteiger partial charge < -0.3 is 14.7 Å². The summed E-state index contributed by atoms with van der Waals surface area (Å²) in [6.45, 7) is 9.56. The molecule has 1 aliphatic heterocycles. The number of hydrogen-bond acceptors (Lipinski definition) is 3. The summed E-state index contributed by atoms with van der Waals surface area (Å²) in [4.78, 5) is 2.46. The van der Waals surface area contributed by atoms with E-state index in [9.17, 15) is 5.11 Å². The van der Waals surface area contributed by atoms with Crippen molar-refractivity contribution in [1.29, 1.82) is 0 Å². The van der Waals surface area contributed by atoms with Gasteiger partial charge in [0.15, 0.2) is 0 Å². The molecule has 0 radical (unpaired) electrons. The molecule has 1 rings (SSSR count). The quantitative estimate of drug-likeness (QED) is 0.781. The van der Waals surface area contributed by atoms with Crippen molar-refractivity contribution in [3.8, 4) is 0 Å². The van der Waals surface area contributed by atoms with Crippen LogP contribution in [-0.4, -0.2) is 48.5 Å². The first kappa shape index (κ1) is 13.9. The monoisotopic (exact) mass is 229 g/mol. The zero-order chi connectivity index (χ0) is 12.2. The molecule has 0 aliphatic carbocycles. The van der Waals surface area contributed by atoms with Gasteiger partial charge in [0.25, 0.3) is 0 Å². The number of aliphatic hydroxyl groups is 1. The van der Waals surface area contributed by atoms with Gasteiger partial charge in [0.05, 0.1) is 11.7 Å². The van der Waals surface area contributed by atoms with Gasteiger partial charge in [0, 0.05) is 26.7 Å². The van der Waals surface area contributed by atoms with Crippen LogP contribution in [0.25, 0.3) is 0 Å². The minimum absolute atomic E-state index is 0.0300. The van der Waals surface area contributed by atoms with E-state index in [2.05, 4.69) is 25.7 Å². The second-order valence-corrected chi connectivity index (χ2v) is 5.54. The first-order chi connectivity index (χ1) is 7.48. The molecule has 0 spiro atoms. The van der Waals surface area contributed by atoms with Crippen molar-refractivity contribution in [2.45, 2.75) is 51.7 Å². The van der Waals surface area contributed by atoms with Crippen LogP contribution in [0.4, 0.5) is 0 Å². The van der Waals surface area contributed by atoms with E-state index >= 15 is 0 Å². The molecule has 2 unspecified atom stereocenters. The molecule has 0 saturated carbocycles. The number of likely N-dealkylation sites (tertiary alicyclic amines) is 1. The third-order valence-corrected chi connectivity index (χ3v) is 3.89. The zero-order valence-corrected chi connectivity index (χ0v) is 11.2. The maximum absolute atomic E-state index is 9.81. The van der Waals surface area contributed by atoms with Crippen LogP contribution in [0.2, 0.25) is 0 Å². The van der Waals surface area contributed by atoms with E-state index in [0.717, 1.165) is 38.9 Å². The Morgan fingerprint density at radius 3 is 2.69 bits per heavy atom. The molecule has 1 fully saturated rings. The van der Waals surface area contributed by atoms with Crippen LogP contribution in [0.1, 0.15) is 40.0 Å². The molecule has 0 aromatic rings. The van der Waals surface area contributed by atoms with Gasteiger partial charge in [-0.1, -0.05) is 6.92 Å². The molecule has 1 aliphatic rings. The lowest BCUT2D eigenvalue weighted by Gasteiger charge is -2.37. The SMILES string of the molecule is CCC1CN(CCC(C)(C)OC)CCC1O. The highest BCUT2D eigenvalue weighted by atomic mass is 16.5. The summed E-state index contributed by atoms with van der Waals surface area (Å²) in [6.07, 6.45) is 2.96. The van der Waals surface area contributed by atoms with Crippen LogP contribution >= 0.6 is 0 Å². The van der Waals surface area contributed by atoms with E-state index in [1.807, 2.05) is 0 Å². The van der Waals surface area contributed by atoms with Crippen molar-refractivity contribution in [3.63, 3.8) is 0 Å². The van der Waals surface area contributed by atoms with Gasteiger partial charge >= 0.3 is 0 Å². The lowest BCUT2D eigenvalue weighted by molar-refractivity contribution is -0.0105. The van der Waals surface area contributed by atoms with Crippen molar-refractivity contribution in [2.75, 3.05) is 26.7 Å². The van der Waals surface area contributed by atoms with Crippen LogP contribution in [0.5, 0.6) is 0 Å². The molecule has 1 heterocycles. The standard InChI is InChI=1S/C13H27NO2/c1-5-11-10-14(8-6-12(11)15)9-7-13(2,3)16-4/h11-12,15H,5-10H2,1-4H3. The molecular weight excluding hydrogens is 202 g/mol. The van der Waals surface area contributed by atoms with Crippen molar-refractivity contribution in [1.82, 2.24) is 4.90 Å². The van der Waals surface area contributed by atoms with E-state index in [4.69, 9.17) is 4.74 Å². The topological polar surface area (TPSA) is 32.7 Å². The Balaban J connectivity index is 2.33. The fourth-order valence-corrected chi connectivity index (χ4v) is 2.23. The van der Waals surface area contributed by atoms with Crippen LogP contribution < -0.4 is 0 Å². The van der Waals surface area contributed by atoms with E-state index in [1.165, 1.54) is 0 Å². The molecule has 1 saturated heterocycles. The first-order valence-electron chi connectivity index (χ1n) is 6.44. The summed E-state index contributed by atoms with van der Waals surface area (Å²) >= 11 is 0. The van der Waals surface area contributed by atoms with E-state index in [-0.39, 0.29) is 11.7 Å². The van der Waals surface area contributed by atoms with Crippen LogP contribution in [-0.2, 0) is 4.74 Å². The number of ether oxygens (including phenoxy) is 1. The minimum atomic E-state index is -0.0864. The summed E-state index contributed by atoms with van der Waals surface area (Å²) in [5.74, 6) is 0.458. The smallest absolute Gasteiger partial charge is 0.0634 e. The van der Waals surface area contributed by atoms with Crippen molar-refractivity contribution < 1.29 is 9.84 Å². The van der Waals surface area contributed by atoms with Crippen molar-refractivity contribution in [2.24, 2.45) is 5.92 Å². The number of nitrogens with zero attached hydrogens (tertiary/aromatic N) is 1. The average Bonchev–Trinajstić information content (AvgIpc) is 2.28. The molecule has 3 nitrogen and oxygen atoms in total. The minimum Gasteiger partial charge on any atom is -0.393 e. The van der Waals surface area contributed by atoms with Crippen LogP contribution in [0, 0.1) is 5.92 Å². The molecule has 0 aromatic carbocycles. The van der Waals surface area contributed by atoms with E-state index < -0.39 is 0 Å². The fraction of sp³-hybridized carbons (Fsp3) is 1.00. The maximum Gasteiger partial charge on any atom is 0.0634 e. The Hall–Kier alpha value is -0.120. The molecule has 0 aromatic heterocycles. The number of methoxy groups -OCH3 is 1. The predicted octanol–water partition coefficient (Wildman–Crippen LogP) is 1.89. The Bertz CT molecular complexity index is 206. The number of aliphatic hydroxyl groups excluding tert-OH is 1. The third kappa shape index (κ3) is 4.04. The summed E-state index contributed by atoms with van der Waals surface area (Å²) in [5.41, 5.74) is -0.0300. The highest BCUT2D eigenvalue weighted by molar-refractivity contribution is 4.80. The van der Waals surface area contributed by atoms with Gasteiger partial charge in [0.2, 0.25) is 0 Å². The average molecular weight is 229 g/mol. The fourth-order valence-electron chi connectivity index (χ4n) is 2.23. The number of piperidine rings is 1. The first-order valence-corrected chi connectivity index (χ1v) is 6.44. The molecular formula is C13H27NO2. The van der Waals surface area contributed by atoms with E-state index in [1.54, 1.807) is 7.11 Å². The summed E-state index contributed by atoms with van der Waals surface area (Å²) < 4.78 is 5.43. The Morgan fingerprint density at radius 1 is 1.44 bits per heavy atom. The lowest BCUT2D eigenvalue weighted by Crippen LogP contribution is -2.44. The van der Waals surface area contributed by atoms with Gasteiger partial charge in [-0.05, 0) is 39.0 Å². The number of hydrogen-bond donors (Lipinski definition) is 1. The molecule has 96 valence electrons. The predicted molar refractivity (Wildman–Crippen MR) is 66.5 cm³/mol. The molecule has 0 amide bonds. The summed E-state index contributed by atoms with van der Waals surface area (Å²) in [6, 6.07) is 0. The van der Waals surface area contributed by atoms with Crippen molar-refractivity contribution >= 4 is 0 Å². The van der Waals surface area contributed by atoms with Crippen molar-refractivity contribution in [3.05, 3.63) is 0 Å². The zero-order valence-electron chi connectivity index (χ0n) is 11.2. The van der Waals surface area contributed by atoms with Crippen LogP contribution in [0.15, 0.2) is 0 Å². The normalized spacial score (nSPS) is 28.3. The van der Waals surface area contributed by atoms with Gasteiger partial charge in [-0.3, -0.25) is 0 Å². The summed E-state index contributed by atoms with van der Waals surface area (Å²) in [7, 11) is 1.77. The third-order valence-electron chi connectivity index (χ3n) is 3.89. The van der Waals surface area contributed by atoms with Gasteiger partial charge in [-0.25, -0.2) is 0 Å². The van der Waals surface area contributed by atoms with Gasteiger partial charge in [-0.2, -0.15) is 0 Å². The Kier molecular flexibility index (Phi) is 5.22. The largest absolute Gasteiger partial charge is 0.393 e. The Morgan fingerprint density at radius 2 is 2.12 bits per heavy atom. The van der Waals surface area contributed by atoms with Gasteiger partial charge in [0.1, 0.15) is 0 Å². The highest BCUT2D eigenvalue weighted by Crippen LogP contribution is 2.21. The van der Waals surface area contributed by atoms with Gasteiger partial charge in [-0.15, -0.1) is 0 Å². The summed E-state index contributed by atoms with van der Waals surface area (Å²) in [5, 5.41) is 9.81. The van der Waals surface area contributed by atoms with Crippen LogP contribution in [0.3, 0.4) is 0 Å². The molecule has 2 atom stereocenters. The molecule has 1 N–H and O–H groups in total. The molecule has 3 heteroatoms. The second kappa shape index (κ2) is 5.99.